The van der Waals surface area contributed by atoms with Gasteiger partial charge in [-0.3, -0.25) is 0 Å². The number of hydrogen-bond acceptors (Lipinski definition) is 0. The monoisotopic (exact) mass is 340 g/mol. The van der Waals surface area contributed by atoms with Crippen LogP contribution in [0.5, 0.6) is 0 Å². The molecule has 2 aromatic carbocycles. The van der Waals surface area contributed by atoms with Crippen LogP contribution in [0.15, 0.2) is 48.5 Å². The summed E-state index contributed by atoms with van der Waals surface area (Å²) < 4.78 is 0. The summed E-state index contributed by atoms with van der Waals surface area (Å²) in [6.07, 6.45) is 10.2. The van der Waals surface area contributed by atoms with E-state index < -0.39 is 0 Å². The van der Waals surface area contributed by atoms with Crippen molar-refractivity contribution >= 4 is 48.9 Å². The van der Waals surface area contributed by atoms with E-state index in [2.05, 4.69) is 24.0 Å². The van der Waals surface area contributed by atoms with E-state index in [0.29, 0.717) is 0 Å². The molecule has 0 saturated carbocycles. The van der Waals surface area contributed by atoms with Crippen LogP contribution in [0.1, 0.15) is 11.1 Å². The van der Waals surface area contributed by atoms with Crippen LogP contribution < -0.4 is 0 Å². The molecule has 0 atom stereocenters. The summed E-state index contributed by atoms with van der Waals surface area (Å²) in [6, 6.07) is 20.3. The molecule has 0 aromatic heterocycles. The minimum Gasteiger partial charge on any atom is -0.184 e. The zero-order valence-corrected chi connectivity index (χ0v) is 13.9. The fourth-order valence-corrected chi connectivity index (χ4v) is 0.966. The molecule has 0 nitrogen and oxygen atoms in total. The summed E-state index contributed by atoms with van der Waals surface area (Å²) >= 11 is 0. The van der Waals surface area contributed by atoms with E-state index in [4.69, 9.17) is 12.8 Å². The Balaban J connectivity index is 0.000000284. The quantitative estimate of drug-likeness (QED) is 0.393. The third kappa shape index (κ3) is 7.13. The summed E-state index contributed by atoms with van der Waals surface area (Å²) in [7, 11) is 0. The third-order valence-electron chi connectivity index (χ3n) is 1.77. The Bertz CT molecular complexity index is 437. The molecule has 0 aliphatic carbocycles. The maximum Gasteiger partial charge on any atom is 2.00 e. The van der Waals surface area contributed by atoms with Crippen LogP contribution in [0, 0.1) is 36.8 Å². The number of rotatable bonds is 0. The van der Waals surface area contributed by atoms with Crippen molar-refractivity contribution in [2.75, 3.05) is 0 Å². The van der Waals surface area contributed by atoms with Gasteiger partial charge in [-0.05, 0) is 0 Å². The van der Waals surface area contributed by atoms with Gasteiger partial charge in [0.15, 0.2) is 0 Å². The molecule has 0 amide bonds. The standard InChI is InChI=1S/2C8H5.Ba/c2*1-2-8-6-4-3-5-7-8;/h2*1,4-7H;/q2*-1;+2. The van der Waals surface area contributed by atoms with Gasteiger partial charge in [0, 0.05) is 0 Å². The molecule has 76 valence electrons. The second kappa shape index (κ2) is 10.3. The molecule has 0 aliphatic heterocycles. The van der Waals surface area contributed by atoms with Crippen molar-refractivity contribution < 1.29 is 0 Å². The van der Waals surface area contributed by atoms with E-state index in [1.807, 2.05) is 24.3 Å². The first-order chi connectivity index (χ1) is 7.86. The second-order valence-corrected chi connectivity index (χ2v) is 2.87. The zero-order chi connectivity index (χ0) is 11.6. The molecule has 0 N–H and O–H groups in total. The van der Waals surface area contributed by atoms with Crippen molar-refractivity contribution in [3.63, 3.8) is 0 Å². The molecular weight excluding hydrogens is 330 g/mol. The Kier molecular flexibility index (Phi) is 9.77. The Morgan fingerprint density at radius 2 is 1.00 bits per heavy atom. The fraction of sp³-hybridized carbons (Fsp3) is 0. The molecule has 0 heterocycles. The molecule has 2 aromatic rings. The van der Waals surface area contributed by atoms with Gasteiger partial charge in [-0.25, -0.2) is 0 Å². The second-order valence-electron chi connectivity index (χ2n) is 2.87. The van der Waals surface area contributed by atoms with Crippen molar-refractivity contribution in [2.45, 2.75) is 0 Å². The summed E-state index contributed by atoms with van der Waals surface area (Å²) in [5.74, 6) is 5.01. The molecule has 1 heteroatoms. The normalized spacial score (nSPS) is 7.41. The molecule has 0 fully saturated rings. The minimum absolute atomic E-state index is 0. The summed E-state index contributed by atoms with van der Waals surface area (Å²) in [4.78, 5) is 0. The topological polar surface area (TPSA) is 0 Å². The van der Waals surface area contributed by atoms with Gasteiger partial charge in [-0.2, -0.15) is 60.7 Å². The number of hydrogen-bond donors (Lipinski definition) is 0. The number of terminal acetylenes is 2. The van der Waals surface area contributed by atoms with E-state index in [1.165, 1.54) is 0 Å². The first kappa shape index (κ1) is 16.1. The van der Waals surface area contributed by atoms with Gasteiger partial charge in [0.1, 0.15) is 0 Å². The van der Waals surface area contributed by atoms with Gasteiger partial charge in [0.25, 0.3) is 0 Å². The van der Waals surface area contributed by atoms with Crippen molar-refractivity contribution in [3.05, 3.63) is 71.8 Å². The van der Waals surface area contributed by atoms with Crippen LogP contribution in [0.25, 0.3) is 0 Å². The van der Waals surface area contributed by atoms with Crippen LogP contribution >= 0.6 is 0 Å². The molecule has 0 spiro atoms. The van der Waals surface area contributed by atoms with Gasteiger partial charge in [0.2, 0.25) is 0 Å². The van der Waals surface area contributed by atoms with Crippen molar-refractivity contribution in [1.29, 1.82) is 0 Å². The van der Waals surface area contributed by atoms with Crippen LogP contribution in [0.4, 0.5) is 0 Å². The van der Waals surface area contributed by atoms with Gasteiger partial charge in [-0.15, -0.1) is 12.8 Å². The predicted molar refractivity (Wildman–Crippen MR) is 72.2 cm³/mol. The zero-order valence-electron chi connectivity index (χ0n) is 9.48. The van der Waals surface area contributed by atoms with Gasteiger partial charge >= 0.3 is 48.9 Å². The average molecular weight is 340 g/mol. The van der Waals surface area contributed by atoms with Crippen LogP contribution in [-0.2, 0) is 0 Å². The van der Waals surface area contributed by atoms with E-state index in [1.54, 1.807) is 24.3 Å². The van der Waals surface area contributed by atoms with E-state index >= 15 is 0 Å². The summed E-state index contributed by atoms with van der Waals surface area (Å²) in [5, 5.41) is 0. The Hall–Kier alpha value is -0.869. The smallest absolute Gasteiger partial charge is 0.184 e. The Labute approximate surface area is 144 Å². The largest absolute Gasteiger partial charge is 2.00 e. The number of benzene rings is 2. The Morgan fingerprint density at radius 1 is 0.706 bits per heavy atom. The maximum atomic E-state index is 5.09. The molecule has 17 heavy (non-hydrogen) atoms. The van der Waals surface area contributed by atoms with Gasteiger partial charge < -0.3 is 0 Å². The van der Waals surface area contributed by atoms with E-state index in [0.717, 1.165) is 11.1 Å². The first-order valence-corrected chi connectivity index (χ1v) is 4.72. The average Bonchev–Trinajstić information content (AvgIpc) is 2.41. The molecular formula is C16H10Ba. The molecule has 2 rings (SSSR count). The van der Waals surface area contributed by atoms with Gasteiger partial charge in [-0.1, -0.05) is 23.0 Å². The molecule has 0 unspecified atom stereocenters. The van der Waals surface area contributed by atoms with Crippen molar-refractivity contribution in [1.82, 2.24) is 0 Å². The van der Waals surface area contributed by atoms with Crippen LogP contribution in [-0.4, -0.2) is 48.9 Å². The SMILES string of the molecule is C#Cc1cc[c-]cc1.C#Cc1cc[c-]cc1.[Ba+2]. The fourth-order valence-electron chi connectivity index (χ4n) is 0.966. The minimum atomic E-state index is 0. The van der Waals surface area contributed by atoms with E-state index in [-0.39, 0.29) is 48.9 Å². The summed E-state index contributed by atoms with van der Waals surface area (Å²) in [6.45, 7) is 0. The summed E-state index contributed by atoms with van der Waals surface area (Å²) in [5.41, 5.74) is 1.81. The van der Waals surface area contributed by atoms with Crippen molar-refractivity contribution in [3.8, 4) is 24.7 Å². The van der Waals surface area contributed by atoms with E-state index in [9.17, 15) is 0 Å². The third-order valence-corrected chi connectivity index (χ3v) is 1.77. The van der Waals surface area contributed by atoms with Crippen LogP contribution in [0.3, 0.4) is 0 Å². The van der Waals surface area contributed by atoms with Gasteiger partial charge in [0.05, 0.1) is 0 Å². The Morgan fingerprint density at radius 3 is 1.18 bits per heavy atom. The maximum absolute atomic E-state index is 5.09. The predicted octanol–water partition coefficient (Wildman–Crippen LogP) is 2.56. The first-order valence-electron chi connectivity index (χ1n) is 4.72. The van der Waals surface area contributed by atoms with Crippen molar-refractivity contribution in [2.24, 2.45) is 0 Å². The molecule has 0 radical (unpaired) electrons. The molecule has 0 saturated heterocycles. The van der Waals surface area contributed by atoms with Crippen LogP contribution in [0.2, 0.25) is 0 Å². The molecule has 0 aliphatic rings. The molecule has 0 bridgehead atoms.